The fourth-order valence-electron chi connectivity index (χ4n) is 2.44. The van der Waals surface area contributed by atoms with Gasteiger partial charge in [-0.05, 0) is 25.0 Å². The summed E-state index contributed by atoms with van der Waals surface area (Å²) in [6.07, 6.45) is 1.59. The Morgan fingerprint density at radius 1 is 1.28 bits per heavy atom. The number of hydrogen-bond donors (Lipinski definition) is 2. The average molecular weight is 242 g/mol. The Hall–Kier alpha value is -1.94. The lowest BCUT2D eigenvalue weighted by Gasteiger charge is -2.19. The summed E-state index contributed by atoms with van der Waals surface area (Å²) in [6.45, 7) is 0. The Morgan fingerprint density at radius 2 is 2.00 bits per heavy atom. The Bertz CT molecular complexity index is 620. The first kappa shape index (κ1) is 11.2. The largest absolute Gasteiger partial charge is 0.480 e. The molecule has 1 aromatic heterocycles. The molecule has 1 aliphatic rings. The molecule has 92 valence electrons. The van der Waals surface area contributed by atoms with Gasteiger partial charge in [-0.2, -0.15) is 0 Å². The Kier molecular flexibility index (Phi) is 2.35. The molecule has 0 radical (unpaired) electrons. The Labute approximate surface area is 104 Å². The first-order chi connectivity index (χ1) is 8.63. The van der Waals surface area contributed by atoms with E-state index in [9.17, 15) is 4.79 Å². The fourth-order valence-corrected chi connectivity index (χ4v) is 2.44. The van der Waals surface area contributed by atoms with Crippen molar-refractivity contribution < 1.29 is 9.90 Å². The molecule has 0 amide bonds. The molecule has 4 nitrogen and oxygen atoms in total. The van der Waals surface area contributed by atoms with Crippen molar-refractivity contribution in [1.29, 1.82) is 0 Å². The van der Waals surface area contributed by atoms with Gasteiger partial charge < -0.3 is 10.8 Å². The molecular formula is C14H14N2O2. The summed E-state index contributed by atoms with van der Waals surface area (Å²) in [5.41, 5.74) is 7.02. The van der Waals surface area contributed by atoms with Crippen LogP contribution in [-0.2, 0) is 10.2 Å². The van der Waals surface area contributed by atoms with Crippen LogP contribution in [0, 0.1) is 0 Å². The minimum Gasteiger partial charge on any atom is -0.480 e. The Balaban J connectivity index is 2.07. The fraction of sp³-hybridized carbons (Fsp3) is 0.286. The second kappa shape index (κ2) is 3.78. The highest BCUT2D eigenvalue weighted by molar-refractivity contribution is 5.80. The van der Waals surface area contributed by atoms with E-state index in [0.717, 1.165) is 29.4 Å². The number of carboxylic acid groups (broad SMARTS) is 1. The highest BCUT2D eigenvalue weighted by atomic mass is 16.4. The number of fused-ring (bicyclic) bond motifs is 1. The summed E-state index contributed by atoms with van der Waals surface area (Å²) >= 11 is 0. The lowest BCUT2D eigenvalue weighted by molar-refractivity contribution is -0.139. The second-order valence-corrected chi connectivity index (χ2v) is 4.86. The van der Waals surface area contributed by atoms with Crippen LogP contribution in [0.1, 0.15) is 18.5 Å². The van der Waals surface area contributed by atoms with Crippen LogP contribution in [0.3, 0.4) is 0 Å². The smallest absolute Gasteiger partial charge is 0.321 e. The number of aromatic nitrogens is 1. The maximum atomic E-state index is 11.1. The third-order valence-corrected chi connectivity index (χ3v) is 3.76. The molecule has 1 fully saturated rings. The van der Waals surface area contributed by atoms with Crippen molar-refractivity contribution in [3.63, 3.8) is 0 Å². The van der Waals surface area contributed by atoms with Crippen LogP contribution in [-0.4, -0.2) is 22.1 Å². The average Bonchev–Trinajstić information content (AvgIpc) is 3.18. The summed E-state index contributed by atoms with van der Waals surface area (Å²) in [5, 5.41) is 10.1. The van der Waals surface area contributed by atoms with Crippen LogP contribution in [0.2, 0.25) is 0 Å². The number of hydrogen-bond acceptors (Lipinski definition) is 3. The summed E-state index contributed by atoms with van der Waals surface area (Å²) in [6, 6.07) is 10.8. The van der Waals surface area contributed by atoms with Gasteiger partial charge >= 0.3 is 5.97 Å². The van der Waals surface area contributed by atoms with Gasteiger partial charge in [0.2, 0.25) is 0 Å². The summed E-state index contributed by atoms with van der Waals surface area (Å²) in [4.78, 5) is 15.6. The van der Waals surface area contributed by atoms with Gasteiger partial charge in [0, 0.05) is 16.5 Å². The normalized spacial score (nSPS) is 18.5. The number of benzene rings is 1. The maximum Gasteiger partial charge on any atom is 0.321 e. The number of carbonyl (C=O) groups is 1. The highest BCUT2D eigenvalue weighted by Gasteiger charge is 2.53. The van der Waals surface area contributed by atoms with E-state index in [1.807, 2.05) is 36.4 Å². The predicted octanol–water partition coefficient (Wildman–Crippen LogP) is 1.68. The van der Waals surface area contributed by atoms with Crippen molar-refractivity contribution in [3.8, 4) is 0 Å². The molecule has 3 rings (SSSR count). The number of nitrogens with two attached hydrogens (primary N) is 1. The van der Waals surface area contributed by atoms with Crippen molar-refractivity contribution in [3.05, 3.63) is 42.1 Å². The minimum absolute atomic E-state index is 0.462. The number of carboxylic acids is 1. The number of rotatable bonds is 3. The minimum atomic E-state index is -0.956. The quantitative estimate of drug-likeness (QED) is 0.858. The van der Waals surface area contributed by atoms with Gasteiger partial charge in [0.25, 0.3) is 0 Å². The van der Waals surface area contributed by atoms with Crippen LogP contribution in [0.4, 0.5) is 0 Å². The first-order valence-corrected chi connectivity index (χ1v) is 5.98. The van der Waals surface area contributed by atoms with Crippen LogP contribution in [0.25, 0.3) is 10.9 Å². The standard InChI is InChI=1S/C14H14N2O2/c15-12(13(17)18)14(7-8-14)11-6-5-9-3-1-2-4-10(9)16-11/h1-6,12H,7-8,15H2,(H,17,18). The molecule has 1 atom stereocenters. The summed E-state index contributed by atoms with van der Waals surface area (Å²) in [7, 11) is 0. The van der Waals surface area contributed by atoms with E-state index in [4.69, 9.17) is 10.8 Å². The summed E-state index contributed by atoms with van der Waals surface area (Å²) < 4.78 is 0. The summed E-state index contributed by atoms with van der Waals surface area (Å²) in [5.74, 6) is -0.956. The van der Waals surface area contributed by atoms with E-state index in [1.165, 1.54) is 0 Å². The molecule has 1 unspecified atom stereocenters. The second-order valence-electron chi connectivity index (χ2n) is 4.86. The van der Waals surface area contributed by atoms with Crippen molar-refractivity contribution in [2.45, 2.75) is 24.3 Å². The zero-order valence-electron chi connectivity index (χ0n) is 9.84. The van der Waals surface area contributed by atoms with Crippen molar-refractivity contribution in [2.24, 2.45) is 5.73 Å². The van der Waals surface area contributed by atoms with E-state index < -0.39 is 17.4 Å². The van der Waals surface area contributed by atoms with Crippen LogP contribution in [0.15, 0.2) is 36.4 Å². The van der Waals surface area contributed by atoms with Gasteiger partial charge in [-0.3, -0.25) is 9.78 Å². The van der Waals surface area contributed by atoms with E-state index in [0.29, 0.717) is 0 Å². The van der Waals surface area contributed by atoms with E-state index in [1.54, 1.807) is 0 Å². The van der Waals surface area contributed by atoms with Gasteiger partial charge in [-0.25, -0.2) is 0 Å². The predicted molar refractivity (Wildman–Crippen MR) is 68.3 cm³/mol. The SMILES string of the molecule is NC(C(=O)O)C1(c2ccc3ccccc3n2)CC1. The van der Waals surface area contributed by atoms with Crippen LogP contribution >= 0.6 is 0 Å². The van der Waals surface area contributed by atoms with Gasteiger partial charge in [0.1, 0.15) is 6.04 Å². The topological polar surface area (TPSA) is 76.2 Å². The molecule has 0 bridgehead atoms. The van der Waals surface area contributed by atoms with Crippen molar-refractivity contribution in [2.75, 3.05) is 0 Å². The zero-order valence-corrected chi connectivity index (χ0v) is 9.84. The molecule has 0 aliphatic heterocycles. The number of para-hydroxylation sites is 1. The third-order valence-electron chi connectivity index (χ3n) is 3.76. The molecule has 18 heavy (non-hydrogen) atoms. The maximum absolute atomic E-state index is 11.1. The molecular weight excluding hydrogens is 228 g/mol. The molecule has 1 aliphatic carbocycles. The number of aliphatic carboxylic acids is 1. The monoisotopic (exact) mass is 242 g/mol. The molecule has 0 saturated heterocycles. The van der Waals surface area contributed by atoms with E-state index in [2.05, 4.69) is 4.98 Å². The molecule has 1 heterocycles. The number of pyridine rings is 1. The molecule has 0 spiro atoms. The lowest BCUT2D eigenvalue weighted by Crippen LogP contribution is -2.42. The van der Waals surface area contributed by atoms with Crippen molar-refractivity contribution in [1.82, 2.24) is 4.98 Å². The molecule has 4 heteroatoms. The molecule has 1 saturated carbocycles. The Morgan fingerprint density at radius 3 is 2.67 bits per heavy atom. The lowest BCUT2D eigenvalue weighted by atomic mass is 9.92. The van der Waals surface area contributed by atoms with Gasteiger partial charge in [0.05, 0.1) is 5.52 Å². The highest BCUT2D eigenvalue weighted by Crippen LogP contribution is 2.49. The molecule has 2 aromatic rings. The molecule has 3 N–H and O–H groups in total. The van der Waals surface area contributed by atoms with Gasteiger partial charge in [-0.1, -0.05) is 24.3 Å². The van der Waals surface area contributed by atoms with Gasteiger partial charge in [-0.15, -0.1) is 0 Å². The van der Waals surface area contributed by atoms with Crippen LogP contribution < -0.4 is 5.73 Å². The van der Waals surface area contributed by atoms with E-state index in [-0.39, 0.29) is 0 Å². The molecule has 1 aromatic carbocycles. The third kappa shape index (κ3) is 1.57. The zero-order chi connectivity index (χ0) is 12.8. The van der Waals surface area contributed by atoms with Crippen molar-refractivity contribution >= 4 is 16.9 Å². The van der Waals surface area contributed by atoms with Crippen LogP contribution in [0.5, 0.6) is 0 Å². The van der Waals surface area contributed by atoms with Gasteiger partial charge in [0.15, 0.2) is 0 Å². The first-order valence-electron chi connectivity index (χ1n) is 5.98. The van der Waals surface area contributed by atoms with E-state index >= 15 is 0 Å². The number of nitrogens with zero attached hydrogens (tertiary/aromatic N) is 1.